The molecule has 1 aliphatic carbocycles. The van der Waals surface area contributed by atoms with E-state index in [1.807, 2.05) is 19.2 Å². The van der Waals surface area contributed by atoms with Gasteiger partial charge in [0.1, 0.15) is 5.82 Å². The molecule has 1 saturated carbocycles. The summed E-state index contributed by atoms with van der Waals surface area (Å²) in [5, 5.41) is 3.22. The maximum Gasteiger partial charge on any atom is 0.129 e. The number of rotatable bonds is 4. The zero-order valence-electron chi connectivity index (χ0n) is 9.47. The molecule has 1 aliphatic rings. The topological polar surface area (TPSA) is 12.0 Å². The Morgan fingerprint density at radius 1 is 1.50 bits per heavy atom. The lowest BCUT2D eigenvalue weighted by Crippen LogP contribution is -2.23. The predicted molar refractivity (Wildman–Crippen MR) is 67.9 cm³/mol. The fraction of sp³-hybridized carbons (Fsp3) is 0.538. The maximum absolute atomic E-state index is 13.8. The van der Waals surface area contributed by atoms with E-state index in [2.05, 4.69) is 21.2 Å². The van der Waals surface area contributed by atoms with Crippen molar-refractivity contribution in [3.05, 3.63) is 34.1 Å². The van der Waals surface area contributed by atoms with Gasteiger partial charge in [-0.1, -0.05) is 41.3 Å². The lowest BCUT2D eigenvalue weighted by Gasteiger charge is -2.30. The highest BCUT2D eigenvalue weighted by Crippen LogP contribution is 2.35. The van der Waals surface area contributed by atoms with Crippen LogP contribution in [0.2, 0.25) is 0 Å². The number of halogens is 2. The van der Waals surface area contributed by atoms with Crippen LogP contribution in [-0.4, -0.2) is 7.05 Å². The molecule has 2 rings (SSSR count). The molecule has 0 aromatic heterocycles. The van der Waals surface area contributed by atoms with Crippen LogP contribution in [0.4, 0.5) is 4.39 Å². The lowest BCUT2D eigenvalue weighted by atomic mass is 9.79. The van der Waals surface area contributed by atoms with Gasteiger partial charge in [0.2, 0.25) is 0 Å². The molecular formula is C13H17BrFN. The van der Waals surface area contributed by atoms with Gasteiger partial charge >= 0.3 is 0 Å². The van der Waals surface area contributed by atoms with Crippen molar-refractivity contribution >= 4 is 15.9 Å². The molecule has 3 heteroatoms. The van der Waals surface area contributed by atoms with Crippen LogP contribution >= 0.6 is 15.9 Å². The first kappa shape index (κ1) is 12.1. The van der Waals surface area contributed by atoms with Gasteiger partial charge in [-0.15, -0.1) is 0 Å². The van der Waals surface area contributed by atoms with Gasteiger partial charge in [-0.05, 0) is 31.5 Å². The van der Waals surface area contributed by atoms with Crippen molar-refractivity contribution in [2.45, 2.75) is 31.7 Å². The van der Waals surface area contributed by atoms with Crippen molar-refractivity contribution in [1.82, 2.24) is 5.32 Å². The van der Waals surface area contributed by atoms with Gasteiger partial charge in [0, 0.05) is 16.1 Å². The fourth-order valence-electron chi connectivity index (χ4n) is 2.25. The summed E-state index contributed by atoms with van der Waals surface area (Å²) in [5.41, 5.74) is 0.789. The van der Waals surface area contributed by atoms with Gasteiger partial charge < -0.3 is 5.32 Å². The van der Waals surface area contributed by atoms with Crippen molar-refractivity contribution in [2.75, 3.05) is 7.05 Å². The van der Waals surface area contributed by atoms with Crippen LogP contribution in [0.3, 0.4) is 0 Å². The normalized spacial score (nSPS) is 18.2. The zero-order valence-corrected chi connectivity index (χ0v) is 11.1. The molecule has 16 heavy (non-hydrogen) atoms. The average molecular weight is 286 g/mol. The van der Waals surface area contributed by atoms with E-state index in [0.29, 0.717) is 0 Å². The van der Waals surface area contributed by atoms with Crippen molar-refractivity contribution in [3.63, 3.8) is 0 Å². The molecule has 1 nitrogen and oxygen atoms in total. The van der Waals surface area contributed by atoms with Gasteiger partial charge in [0.25, 0.3) is 0 Å². The van der Waals surface area contributed by atoms with Crippen LogP contribution in [0.25, 0.3) is 0 Å². The summed E-state index contributed by atoms with van der Waals surface area (Å²) in [5.74, 6) is 0.661. The first-order valence-electron chi connectivity index (χ1n) is 5.83. The van der Waals surface area contributed by atoms with Crippen LogP contribution in [0, 0.1) is 11.7 Å². The molecule has 1 aromatic rings. The summed E-state index contributed by atoms with van der Waals surface area (Å²) < 4.78 is 14.6. The van der Waals surface area contributed by atoms with Crippen LogP contribution in [-0.2, 0) is 0 Å². The molecule has 0 spiro atoms. The summed E-state index contributed by atoms with van der Waals surface area (Å²) in [7, 11) is 1.91. The minimum absolute atomic E-state index is 0.118. The standard InChI is InChI=1S/C13H17BrFN/c1-16-13(7-9-3-2-4-9)11-6-5-10(14)8-12(11)15/h5-6,8-9,13,16H,2-4,7H2,1H3. The molecule has 1 unspecified atom stereocenters. The molecule has 88 valence electrons. The van der Waals surface area contributed by atoms with E-state index in [1.165, 1.54) is 19.3 Å². The monoisotopic (exact) mass is 285 g/mol. The smallest absolute Gasteiger partial charge is 0.129 e. The molecule has 1 fully saturated rings. The molecule has 0 bridgehead atoms. The molecule has 0 amide bonds. The van der Waals surface area contributed by atoms with Crippen molar-refractivity contribution in [1.29, 1.82) is 0 Å². The van der Waals surface area contributed by atoms with E-state index < -0.39 is 0 Å². The van der Waals surface area contributed by atoms with Crippen LogP contribution in [0.15, 0.2) is 22.7 Å². The Morgan fingerprint density at radius 3 is 2.75 bits per heavy atom. The Morgan fingerprint density at radius 2 is 2.25 bits per heavy atom. The molecule has 1 N–H and O–H groups in total. The third-order valence-electron chi connectivity index (χ3n) is 3.48. The molecule has 0 saturated heterocycles. The molecule has 0 aliphatic heterocycles. The molecule has 0 radical (unpaired) electrons. The summed E-state index contributed by atoms with van der Waals surface area (Å²) >= 11 is 3.28. The van der Waals surface area contributed by atoms with Gasteiger partial charge in [0.15, 0.2) is 0 Å². The molecule has 1 aromatic carbocycles. The zero-order chi connectivity index (χ0) is 11.5. The predicted octanol–water partition coefficient (Wildman–Crippen LogP) is 4.04. The highest BCUT2D eigenvalue weighted by molar-refractivity contribution is 9.10. The summed E-state index contributed by atoms with van der Waals surface area (Å²) in [4.78, 5) is 0. The fourth-order valence-corrected chi connectivity index (χ4v) is 2.58. The highest BCUT2D eigenvalue weighted by Gasteiger charge is 2.23. The van der Waals surface area contributed by atoms with Crippen LogP contribution < -0.4 is 5.32 Å². The minimum atomic E-state index is -0.118. The molecular weight excluding hydrogens is 269 g/mol. The Kier molecular flexibility index (Phi) is 3.98. The number of hydrogen-bond acceptors (Lipinski definition) is 1. The molecule has 1 atom stereocenters. The van der Waals surface area contributed by atoms with E-state index in [1.54, 1.807) is 6.07 Å². The Labute approximate surface area is 105 Å². The first-order valence-corrected chi connectivity index (χ1v) is 6.62. The number of benzene rings is 1. The third kappa shape index (κ3) is 2.64. The van der Waals surface area contributed by atoms with Gasteiger partial charge in [0.05, 0.1) is 0 Å². The van der Waals surface area contributed by atoms with E-state index >= 15 is 0 Å². The largest absolute Gasteiger partial charge is 0.313 e. The highest BCUT2D eigenvalue weighted by atomic mass is 79.9. The van der Waals surface area contributed by atoms with E-state index in [4.69, 9.17) is 0 Å². The van der Waals surface area contributed by atoms with Crippen molar-refractivity contribution in [2.24, 2.45) is 5.92 Å². The summed E-state index contributed by atoms with van der Waals surface area (Å²) in [6.07, 6.45) is 4.99. The lowest BCUT2D eigenvalue weighted by molar-refractivity contribution is 0.263. The SMILES string of the molecule is CNC(CC1CCC1)c1ccc(Br)cc1F. The number of hydrogen-bond donors (Lipinski definition) is 1. The van der Waals surface area contributed by atoms with Crippen LogP contribution in [0.1, 0.15) is 37.3 Å². The van der Waals surface area contributed by atoms with E-state index in [9.17, 15) is 4.39 Å². The van der Waals surface area contributed by atoms with Gasteiger partial charge in [-0.25, -0.2) is 4.39 Å². The summed E-state index contributed by atoms with van der Waals surface area (Å²) in [6, 6.07) is 5.47. The summed E-state index contributed by atoms with van der Waals surface area (Å²) in [6.45, 7) is 0. The van der Waals surface area contributed by atoms with Crippen molar-refractivity contribution in [3.8, 4) is 0 Å². The maximum atomic E-state index is 13.8. The van der Waals surface area contributed by atoms with Gasteiger partial charge in [-0.2, -0.15) is 0 Å². The minimum Gasteiger partial charge on any atom is -0.313 e. The van der Waals surface area contributed by atoms with Crippen molar-refractivity contribution < 1.29 is 4.39 Å². The second kappa shape index (κ2) is 5.28. The Hall–Kier alpha value is -0.410. The van der Waals surface area contributed by atoms with Crippen LogP contribution in [0.5, 0.6) is 0 Å². The molecule has 0 heterocycles. The average Bonchev–Trinajstić information content (AvgIpc) is 2.18. The van der Waals surface area contributed by atoms with E-state index in [0.717, 1.165) is 22.4 Å². The van der Waals surface area contributed by atoms with E-state index in [-0.39, 0.29) is 11.9 Å². The van der Waals surface area contributed by atoms with Gasteiger partial charge in [-0.3, -0.25) is 0 Å². The third-order valence-corrected chi connectivity index (χ3v) is 3.97. The first-order chi connectivity index (χ1) is 7.70. The number of nitrogens with one attached hydrogen (secondary N) is 1. The Bertz CT molecular complexity index is 363. The quantitative estimate of drug-likeness (QED) is 0.881. The second-order valence-corrected chi connectivity index (χ2v) is 5.46. The Balaban J connectivity index is 2.11. The second-order valence-electron chi connectivity index (χ2n) is 4.54.